The highest BCUT2D eigenvalue weighted by molar-refractivity contribution is 4.75. The molecule has 0 aromatic heterocycles. The standard InChI is InChI=1S/C13H27NO3/c1-4-16-13(17-5-2)12(14-3)10-11-6-8-15-9-7-11/h11-14H,4-10H2,1-3H3. The number of hydrogen-bond acceptors (Lipinski definition) is 4. The third-order valence-electron chi connectivity index (χ3n) is 3.29. The van der Waals surface area contributed by atoms with Gasteiger partial charge in [-0.1, -0.05) is 0 Å². The van der Waals surface area contributed by atoms with Crippen molar-refractivity contribution in [3.63, 3.8) is 0 Å². The highest BCUT2D eigenvalue weighted by Crippen LogP contribution is 2.22. The molecule has 0 saturated carbocycles. The first-order valence-electron chi connectivity index (χ1n) is 6.80. The largest absolute Gasteiger partial charge is 0.381 e. The van der Waals surface area contributed by atoms with Gasteiger partial charge in [0.2, 0.25) is 0 Å². The normalized spacial score (nSPS) is 19.8. The fourth-order valence-electron chi connectivity index (χ4n) is 2.32. The van der Waals surface area contributed by atoms with Crippen LogP contribution in [0, 0.1) is 5.92 Å². The van der Waals surface area contributed by atoms with E-state index < -0.39 is 0 Å². The molecule has 1 rings (SSSR count). The molecule has 1 atom stereocenters. The molecule has 1 unspecified atom stereocenters. The summed E-state index contributed by atoms with van der Waals surface area (Å²) < 4.78 is 16.7. The van der Waals surface area contributed by atoms with Gasteiger partial charge in [-0.05, 0) is 46.1 Å². The summed E-state index contributed by atoms with van der Waals surface area (Å²) in [6, 6.07) is 0.276. The van der Waals surface area contributed by atoms with Gasteiger partial charge in [-0.3, -0.25) is 0 Å². The maximum Gasteiger partial charge on any atom is 0.172 e. The lowest BCUT2D eigenvalue weighted by atomic mass is 9.92. The van der Waals surface area contributed by atoms with Crippen molar-refractivity contribution in [2.75, 3.05) is 33.5 Å². The lowest BCUT2D eigenvalue weighted by molar-refractivity contribution is -0.156. The van der Waals surface area contributed by atoms with E-state index in [4.69, 9.17) is 14.2 Å². The van der Waals surface area contributed by atoms with Gasteiger partial charge in [0.25, 0.3) is 0 Å². The van der Waals surface area contributed by atoms with Crippen LogP contribution in [0.3, 0.4) is 0 Å². The Hall–Kier alpha value is -0.160. The molecule has 1 N–H and O–H groups in total. The van der Waals surface area contributed by atoms with Gasteiger partial charge in [0, 0.05) is 26.4 Å². The average molecular weight is 245 g/mol. The molecule has 102 valence electrons. The molecule has 17 heavy (non-hydrogen) atoms. The molecule has 0 aromatic rings. The van der Waals surface area contributed by atoms with Crippen molar-refractivity contribution in [2.45, 2.75) is 45.4 Å². The molecular weight excluding hydrogens is 218 g/mol. The summed E-state index contributed by atoms with van der Waals surface area (Å²) in [5.41, 5.74) is 0. The van der Waals surface area contributed by atoms with Crippen LogP contribution < -0.4 is 5.32 Å². The Labute approximate surface area is 105 Å². The first-order valence-corrected chi connectivity index (χ1v) is 6.80. The van der Waals surface area contributed by atoms with Crippen LogP contribution >= 0.6 is 0 Å². The Morgan fingerprint density at radius 3 is 2.24 bits per heavy atom. The lowest BCUT2D eigenvalue weighted by Gasteiger charge is -2.31. The summed E-state index contributed by atoms with van der Waals surface area (Å²) in [6.45, 7) is 7.19. The Kier molecular flexibility index (Phi) is 7.77. The molecule has 4 heteroatoms. The molecule has 0 aromatic carbocycles. The first-order chi connectivity index (χ1) is 8.31. The van der Waals surface area contributed by atoms with E-state index in [0.29, 0.717) is 13.2 Å². The minimum atomic E-state index is -0.127. The molecule has 1 aliphatic heterocycles. The second-order valence-corrected chi connectivity index (χ2v) is 4.47. The van der Waals surface area contributed by atoms with Crippen molar-refractivity contribution in [1.29, 1.82) is 0 Å². The molecule has 4 nitrogen and oxygen atoms in total. The van der Waals surface area contributed by atoms with Gasteiger partial charge in [-0.25, -0.2) is 0 Å². The zero-order valence-corrected chi connectivity index (χ0v) is 11.4. The maximum absolute atomic E-state index is 5.66. The molecular formula is C13H27NO3. The molecule has 1 saturated heterocycles. The number of rotatable bonds is 8. The smallest absolute Gasteiger partial charge is 0.172 e. The van der Waals surface area contributed by atoms with Crippen molar-refractivity contribution in [1.82, 2.24) is 5.32 Å². The summed E-state index contributed by atoms with van der Waals surface area (Å²) in [7, 11) is 1.98. The molecule has 0 spiro atoms. The molecule has 1 fully saturated rings. The minimum absolute atomic E-state index is 0.127. The van der Waals surface area contributed by atoms with Gasteiger partial charge in [0.15, 0.2) is 6.29 Å². The van der Waals surface area contributed by atoms with E-state index in [0.717, 1.165) is 38.4 Å². The fraction of sp³-hybridized carbons (Fsp3) is 1.00. The third-order valence-corrected chi connectivity index (χ3v) is 3.29. The van der Waals surface area contributed by atoms with Crippen LogP contribution in [0.15, 0.2) is 0 Å². The zero-order chi connectivity index (χ0) is 12.5. The Balaban J connectivity index is 2.42. The summed E-state index contributed by atoms with van der Waals surface area (Å²) in [5, 5.41) is 3.33. The van der Waals surface area contributed by atoms with Gasteiger partial charge in [0.05, 0.1) is 6.04 Å². The third kappa shape index (κ3) is 5.34. The zero-order valence-electron chi connectivity index (χ0n) is 11.4. The second-order valence-electron chi connectivity index (χ2n) is 4.47. The van der Waals surface area contributed by atoms with Crippen molar-refractivity contribution in [3.05, 3.63) is 0 Å². The van der Waals surface area contributed by atoms with Crippen molar-refractivity contribution in [3.8, 4) is 0 Å². The van der Waals surface area contributed by atoms with E-state index in [1.807, 2.05) is 20.9 Å². The SMILES string of the molecule is CCOC(OCC)C(CC1CCOCC1)NC. The van der Waals surface area contributed by atoms with Crippen molar-refractivity contribution >= 4 is 0 Å². The molecule has 0 aliphatic carbocycles. The molecule has 1 aliphatic rings. The first kappa shape index (κ1) is 14.9. The second kappa shape index (κ2) is 8.86. The summed E-state index contributed by atoms with van der Waals surface area (Å²) in [6.07, 6.45) is 3.29. The van der Waals surface area contributed by atoms with Crippen LogP contribution in [-0.2, 0) is 14.2 Å². The van der Waals surface area contributed by atoms with Crippen LogP contribution in [-0.4, -0.2) is 45.8 Å². The van der Waals surface area contributed by atoms with E-state index in [2.05, 4.69) is 5.32 Å². The average Bonchev–Trinajstić information content (AvgIpc) is 2.37. The van der Waals surface area contributed by atoms with Crippen molar-refractivity contribution < 1.29 is 14.2 Å². The van der Waals surface area contributed by atoms with Gasteiger partial charge >= 0.3 is 0 Å². The quantitative estimate of drug-likeness (QED) is 0.662. The Bertz CT molecular complexity index is 178. The van der Waals surface area contributed by atoms with E-state index in [-0.39, 0.29) is 12.3 Å². The lowest BCUT2D eigenvalue weighted by Crippen LogP contribution is -2.43. The van der Waals surface area contributed by atoms with Crippen molar-refractivity contribution in [2.24, 2.45) is 5.92 Å². The van der Waals surface area contributed by atoms with E-state index >= 15 is 0 Å². The molecule has 0 amide bonds. The highest BCUT2D eigenvalue weighted by atomic mass is 16.7. The van der Waals surface area contributed by atoms with Crippen LogP contribution in [0.1, 0.15) is 33.1 Å². The maximum atomic E-state index is 5.66. The van der Waals surface area contributed by atoms with Crippen LogP contribution in [0.4, 0.5) is 0 Å². The number of ether oxygens (including phenoxy) is 3. The van der Waals surface area contributed by atoms with Crippen LogP contribution in [0.2, 0.25) is 0 Å². The monoisotopic (exact) mass is 245 g/mol. The van der Waals surface area contributed by atoms with Gasteiger partial charge in [0.1, 0.15) is 0 Å². The topological polar surface area (TPSA) is 39.7 Å². The predicted octanol–water partition coefficient (Wildman–Crippen LogP) is 1.79. The van der Waals surface area contributed by atoms with Gasteiger partial charge < -0.3 is 19.5 Å². The number of hydrogen-bond donors (Lipinski definition) is 1. The Morgan fingerprint density at radius 1 is 1.18 bits per heavy atom. The van der Waals surface area contributed by atoms with Crippen LogP contribution in [0.25, 0.3) is 0 Å². The minimum Gasteiger partial charge on any atom is -0.381 e. The summed E-state index contributed by atoms with van der Waals surface area (Å²) >= 11 is 0. The van der Waals surface area contributed by atoms with Crippen LogP contribution in [0.5, 0.6) is 0 Å². The van der Waals surface area contributed by atoms with Gasteiger partial charge in [-0.15, -0.1) is 0 Å². The molecule has 0 radical (unpaired) electrons. The van der Waals surface area contributed by atoms with Gasteiger partial charge in [-0.2, -0.15) is 0 Å². The van der Waals surface area contributed by atoms with E-state index in [9.17, 15) is 0 Å². The number of nitrogens with one attached hydrogen (secondary N) is 1. The highest BCUT2D eigenvalue weighted by Gasteiger charge is 2.25. The summed E-state index contributed by atoms with van der Waals surface area (Å²) in [4.78, 5) is 0. The molecule has 1 heterocycles. The molecule has 0 bridgehead atoms. The van der Waals surface area contributed by atoms with E-state index in [1.54, 1.807) is 0 Å². The van der Waals surface area contributed by atoms with E-state index in [1.165, 1.54) is 0 Å². The number of likely N-dealkylation sites (N-methyl/N-ethyl adjacent to an activating group) is 1. The fourth-order valence-corrected chi connectivity index (χ4v) is 2.32. The Morgan fingerprint density at radius 2 is 1.76 bits per heavy atom. The predicted molar refractivity (Wildman–Crippen MR) is 68.0 cm³/mol. The summed E-state index contributed by atoms with van der Waals surface area (Å²) in [5.74, 6) is 0.726.